The molecule has 1 unspecified atom stereocenters. The molecule has 0 amide bonds. The summed E-state index contributed by atoms with van der Waals surface area (Å²) in [5.41, 5.74) is 2.58. The van der Waals surface area contributed by atoms with Gasteiger partial charge in [0.25, 0.3) is 6.43 Å². The van der Waals surface area contributed by atoms with E-state index in [4.69, 9.17) is 0 Å². The van der Waals surface area contributed by atoms with Crippen molar-refractivity contribution in [1.29, 1.82) is 0 Å². The van der Waals surface area contributed by atoms with Crippen LogP contribution in [0.1, 0.15) is 18.1 Å². The van der Waals surface area contributed by atoms with E-state index in [0.29, 0.717) is 0 Å². The van der Waals surface area contributed by atoms with Crippen molar-refractivity contribution in [2.24, 2.45) is 0 Å². The molecule has 0 saturated carbocycles. The molecule has 0 aliphatic heterocycles. The van der Waals surface area contributed by atoms with E-state index in [1.807, 2.05) is 12.1 Å². The van der Waals surface area contributed by atoms with E-state index in [1.54, 1.807) is 0 Å². The standard InChI is InChI=1S/C12H15F2N/c1-8(12(13)14)15-11-6-9-4-2-3-5-10(9)7-11/h2-5,8,11-12,15H,6-7H2,1H3. The van der Waals surface area contributed by atoms with Crippen molar-refractivity contribution in [1.82, 2.24) is 5.32 Å². The Morgan fingerprint density at radius 2 is 1.73 bits per heavy atom. The SMILES string of the molecule is CC(NC1Cc2ccccc2C1)C(F)F. The third-order valence-electron chi connectivity index (χ3n) is 2.93. The fourth-order valence-corrected chi connectivity index (χ4v) is 2.12. The molecule has 0 saturated heterocycles. The van der Waals surface area contributed by atoms with Gasteiger partial charge in [-0.3, -0.25) is 0 Å². The van der Waals surface area contributed by atoms with Crippen LogP contribution in [0.4, 0.5) is 8.78 Å². The van der Waals surface area contributed by atoms with E-state index >= 15 is 0 Å². The summed E-state index contributed by atoms with van der Waals surface area (Å²) in [6, 6.07) is 7.60. The Balaban J connectivity index is 1.96. The van der Waals surface area contributed by atoms with Crippen LogP contribution in [0.2, 0.25) is 0 Å². The summed E-state index contributed by atoms with van der Waals surface area (Å²) >= 11 is 0. The van der Waals surface area contributed by atoms with Crippen LogP contribution in [0.3, 0.4) is 0 Å². The fraction of sp³-hybridized carbons (Fsp3) is 0.500. The molecule has 0 aromatic heterocycles. The molecular weight excluding hydrogens is 196 g/mol. The first-order valence-corrected chi connectivity index (χ1v) is 5.28. The molecule has 0 radical (unpaired) electrons. The number of rotatable bonds is 3. The summed E-state index contributed by atoms with van der Waals surface area (Å²) in [5, 5.41) is 2.98. The van der Waals surface area contributed by atoms with Crippen molar-refractivity contribution >= 4 is 0 Å². The van der Waals surface area contributed by atoms with Crippen molar-refractivity contribution in [2.75, 3.05) is 0 Å². The van der Waals surface area contributed by atoms with Crippen molar-refractivity contribution in [3.8, 4) is 0 Å². The van der Waals surface area contributed by atoms with Gasteiger partial charge < -0.3 is 5.32 Å². The Morgan fingerprint density at radius 3 is 2.20 bits per heavy atom. The van der Waals surface area contributed by atoms with Crippen LogP contribution in [0, 0.1) is 0 Å². The highest BCUT2D eigenvalue weighted by Crippen LogP contribution is 2.22. The quantitative estimate of drug-likeness (QED) is 0.809. The topological polar surface area (TPSA) is 12.0 Å². The maximum absolute atomic E-state index is 12.3. The van der Waals surface area contributed by atoms with Crippen molar-refractivity contribution < 1.29 is 8.78 Å². The highest BCUT2D eigenvalue weighted by Gasteiger charge is 2.24. The van der Waals surface area contributed by atoms with Gasteiger partial charge >= 0.3 is 0 Å². The summed E-state index contributed by atoms with van der Waals surface area (Å²) in [6.45, 7) is 1.54. The molecule has 82 valence electrons. The highest BCUT2D eigenvalue weighted by atomic mass is 19.3. The second kappa shape index (κ2) is 4.27. The zero-order chi connectivity index (χ0) is 10.8. The van der Waals surface area contributed by atoms with Crippen LogP contribution in [0.5, 0.6) is 0 Å². The molecule has 1 atom stereocenters. The molecular formula is C12H15F2N. The van der Waals surface area contributed by atoms with Gasteiger partial charge in [0.05, 0.1) is 6.04 Å². The molecule has 1 aliphatic rings. The van der Waals surface area contributed by atoms with Gasteiger partial charge in [0.1, 0.15) is 0 Å². The smallest absolute Gasteiger partial charge is 0.253 e. The van der Waals surface area contributed by atoms with Gasteiger partial charge in [-0.15, -0.1) is 0 Å². The molecule has 3 heteroatoms. The van der Waals surface area contributed by atoms with E-state index in [1.165, 1.54) is 18.1 Å². The maximum atomic E-state index is 12.3. The summed E-state index contributed by atoms with van der Waals surface area (Å²) in [7, 11) is 0. The lowest BCUT2D eigenvalue weighted by molar-refractivity contribution is 0.100. The first-order valence-electron chi connectivity index (χ1n) is 5.28. The van der Waals surface area contributed by atoms with E-state index < -0.39 is 12.5 Å². The molecule has 1 nitrogen and oxygen atoms in total. The molecule has 2 rings (SSSR count). The Hall–Kier alpha value is -0.960. The largest absolute Gasteiger partial charge is 0.306 e. The highest BCUT2D eigenvalue weighted by molar-refractivity contribution is 5.33. The summed E-state index contributed by atoms with van der Waals surface area (Å²) in [4.78, 5) is 0. The van der Waals surface area contributed by atoms with Gasteiger partial charge in [0, 0.05) is 6.04 Å². The minimum absolute atomic E-state index is 0.173. The van der Waals surface area contributed by atoms with Crippen LogP contribution in [0.25, 0.3) is 0 Å². The minimum atomic E-state index is -2.28. The van der Waals surface area contributed by atoms with E-state index in [9.17, 15) is 8.78 Å². The predicted octanol–water partition coefficient (Wildman–Crippen LogP) is 2.40. The molecule has 0 spiro atoms. The Morgan fingerprint density at radius 1 is 1.20 bits per heavy atom. The predicted molar refractivity (Wildman–Crippen MR) is 56.2 cm³/mol. The van der Waals surface area contributed by atoms with Gasteiger partial charge in [-0.25, -0.2) is 8.78 Å². The average molecular weight is 211 g/mol. The average Bonchev–Trinajstić information content (AvgIpc) is 2.59. The number of hydrogen-bond acceptors (Lipinski definition) is 1. The monoisotopic (exact) mass is 211 g/mol. The third-order valence-corrected chi connectivity index (χ3v) is 2.93. The van der Waals surface area contributed by atoms with Gasteiger partial charge in [-0.2, -0.15) is 0 Å². The molecule has 0 heterocycles. The fourth-order valence-electron chi connectivity index (χ4n) is 2.12. The number of halogens is 2. The number of nitrogens with one attached hydrogen (secondary N) is 1. The number of alkyl halides is 2. The lowest BCUT2D eigenvalue weighted by Crippen LogP contribution is -2.41. The molecule has 1 aliphatic carbocycles. The zero-order valence-electron chi connectivity index (χ0n) is 8.71. The maximum Gasteiger partial charge on any atom is 0.253 e. The number of hydrogen-bond donors (Lipinski definition) is 1. The van der Waals surface area contributed by atoms with Gasteiger partial charge in [0.2, 0.25) is 0 Å². The van der Waals surface area contributed by atoms with E-state index in [-0.39, 0.29) is 6.04 Å². The molecule has 0 bridgehead atoms. The summed E-state index contributed by atoms with van der Waals surface area (Å²) < 4.78 is 24.7. The van der Waals surface area contributed by atoms with Crippen molar-refractivity contribution in [3.63, 3.8) is 0 Å². The van der Waals surface area contributed by atoms with Crippen molar-refractivity contribution in [3.05, 3.63) is 35.4 Å². The normalized spacial score (nSPS) is 18.1. The molecule has 0 fully saturated rings. The Kier molecular flexibility index (Phi) is 3.00. The van der Waals surface area contributed by atoms with Crippen LogP contribution in [-0.4, -0.2) is 18.5 Å². The number of benzene rings is 1. The van der Waals surface area contributed by atoms with Gasteiger partial charge in [0.15, 0.2) is 0 Å². The van der Waals surface area contributed by atoms with Gasteiger partial charge in [-0.1, -0.05) is 24.3 Å². The molecule has 15 heavy (non-hydrogen) atoms. The second-order valence-corrected chi connectivity index (χ2v) is 4.16. The van der Waals surface area contributed by atoms with Gasteiger partial charge in [-0.05, 0) is 30.9 Å². The Labute approximate surface area is 88.5 Å². The molecule has 1 aromatic rings. The Bertz CT molecular complexity index is 313. The first kappa shape index (κ1) is 10.6. The van der Waals surface area contributed by atoms with Crippen LogP contribution >= 0.6 is 0 Å². The van der Waals surface area contributed by atoms with Crippen LogP contribution in [-0.2, 0) is 12.8 Å². The van der Waals surface area contributed by atoms with Crippen LogP contribution < -0.4 is 5.32 Å². The van der Waals surface area contributed by atoms with E-state index in [0.717, 1.165) is 12.8 Å². The second-order valence-electron chi connectivity index (χ2n) is 4.16. The summed E-state index contributed by atoms with van der Waals surface area (Å²) in [6.07, 6.45) is -0.547. The lowest BCUT2D eigenvalue weighted by Gasteiger charge is -2.18. The lowest BCUT2D eigenvalue weighted by atomic mass is 10.1. The zero-order valence-corrected chi connectivity index (χ0v) is 8.71. The molecule has 1 N–H and O–H groups in total. The van der Waals surface area contributed by atoms with Crippen LogP contribution in [0.15, 0.2) is 24.3 Å². The van der Waals surface area contributed by atoms with E-state index in [2.05, 4.69) is 17.4 Å². The summed E-state index contributed by atoms with van der Waals surface area (Å²) in [5.74, 6) is 0. The number of fused-ring (bicyclic) bond motifs is 1. The molecule has 1 aromatic carbocycles. The first-order chi connectivity index (χ1) is 7.16. The van der Waals surface area contributed by atoms with Crippen molar-refractivity contribution in [2.45, 2.75) is 38.3 Å². The minimum Gasteiger partial charge on any atom is -0.306 e. The third kappa shape index (κ3) is 2.34.